The van der Waals surface area contributed by atoms with Gasteiger partial charge in [0, 0.05) is 26.7 Å². The van der Waals surface area contributed by atoms with Gasteiger partial charge in [-0.15, -0.1) is 0 Å². The van der Waals surface area contributed by atoms with Crippen molar-refractivity contribution >= 4 is 11.8 Å². The predicted octanol–water partition coefficient (Wildman–Crippen LogP) is 3.29. The Morgan fingerprint density at radius 1 is 1.03 bits per heavy atom. The van der Waals surface area contributed by atoms with Gasteiger partial charge in [-0.25, -0.2) is 0 Å². The number of piperidine rings is 1. The number of carbonyl (C=O) groups is 2. The second-order valence-electron chi connectivity index (χ2n) is 7.65. The molecule has 0 atom stereocenters. The third-order valence-corrected chi connectivity index (χ3v) is 5.79. The first-order valence-electron chi connectivity index (χ1n) is 10.3. The Morgan fingerprint density at radius 3 is 2.34 bits per heavy atom. The number of carbonyl (C=O) groups excluding carboxylic acids is 2. The van der Waals surface area contributed by atoms with Gasteiger partial charge in [-0.1, -0.05) is 54.6 Å². The molecule has 0 aliphatic carbocycles. The maximum atomic E-state index is 13.1. The summed E-state index contributed by atoms with van der Waals surface area (Å²) in [5.74, 6) is 0.0726. The van der Waals surface area contributed by atoms with Crippen LogP contribution >= 0.6 is 0 Å². The molecule has 5 nitrogen and oxygen atoms in total. The monoisotopic (exact) mass is 394 g/mol. The number of hydrogen-bond donors (Lipinski definition) is 1. The van der Waals surface area contributed by atoms with Crippen LogP contribution in [0, 0.1) is 5.41 Å². The summed E-state index contributed by atoms with van der Waals surface area (Å²) in [5, 5.41) is 3.04. The molecule has 1 aliphatic heterocycles. The van der Waals surface area contributed by atoms with Gasteiger partial charge in [-0.05, 0) is 42.9 Å². The highest BCUT2D eigenvalue weighted by molar-refractivity contribution is 5.84. The quantitative estimate of drug-likeness (QED) is 0.784. The summed E-state index contributed by atoms with van der Waals surface area (Å²) in [6.07, 6.45) is 1.96. The van der Waals surface area contributed by atoms with Crippen LogP contribution in [0.3, 0.4) is 0 Å². The summed E-state index contributed by atoms with van der Waals surface area (Å²) < 4.78 is 4.98. The Morgan fingerprint density at radius 2 is 1.69 bits per heavy atom. The topological polar surface area (TPSA) is 58.6 Å². The number of nitrogens with zero attached hydrogens (tertiary/aromatic N) is 1. The van der Waals surface area contributed by atoms with Crippen LogP contribution in [0.4, 0.5) is 0 Å². The van der Waals surface area contributed by atoms with Gasteiger partial charge in [-0.3, -0.25) is 9.59 Å². The normalized spacial score (nSPS) is 15.7. The summed E-state index contributed by atoms with van der Waals surface area (Å²) in [5.41, 5.74) is 2.98. The second kappa shape index (κ2) is 9.70. The zero-order chi connectivity index (χ0) is 20.7. The molecule has 0 radical (unpaired) electrons. The summed E-state index contributed by atoms with van der Waals surface area (Å²) in [6.45, 7) is 3.79. The Kier molecular flexibility index (Phi) is 7.04. The van der Waals surface area contributed by atoms with Gasteiger partial charge < -0.3 is 15.0 Å². The van der Waals surface area contributed by atoms with Gasteiger partial charge >= 0.3 is 0 Å². The molecule has 1 aliphatic rings. The molecule has 5 heteroatoms. The Balaban J connectivity index is 1.87. The van der Waals surface area contributed by atoms with Crippen molar-refractivity contribution in [1.82, 2.24) is 10.2 Å². The molecule has 1 saturated heterocycles. The average Bonchev–Trinajstić information content (AvgIpc) is 2.75. The molecule has 1 heterocycles. The summed E-state index contributed by atoms with van der Waals surface area (Å²) in [6, 6.07) is 18.6. The number of nitrogens with one attached hydrogen (secondary N) is 1. The largest absolute Gasteiger partial charge is 0.375 e. The number of hydrogen-bond acceptors (Lipinski definition) is 3. The molecule has 0 saturated carbocycles. The number of methoxy groups -OCH3 is 1. The van der Waals surface area contributed by atoms with E-state index in [1.807, 2.05) is 42.2 Å². The molecular formula is C24H30N2O3. The van der Waals surface area contributed by atoms with Crippen molar-refractivity contribution in [3.8, 4) is 11.1 Å². The molecule has 29 heavy (non-hydrogen) atoms. The molecule has 154 valence electrons. The van der Waals surface area contributed by atoms with Crippen molar-refractivity contribution < 1.29 is 14.3 Å². The Labute approximate surface area is 173 Å². The highest BCUT2D eigenvalue weighted by Crippen LogP contribution is 2.38. The standard InChI is InChI=1S/C24H30N2O3/c1-3-25-23(28)24(13-15-26(16-14-24)22(27)18-29-2)17-20-11-7-8-12-21(20)19-9-5-4-6-10-19/h4-12H,3,13-18H2,1-2H3,(H,25,28). The highest BCUT2D eigenvalue weighted by Gasteiger charge is 2.42. The fourth-order valence-electron chi connectivity index (χ4n) is 4.17. The minimum Gasteiger partial charge on any atom is -0.375 e. The summed E-state index contributed by atoms with van der Waals surface area (Å²) in [7, 11) is 1.53. The van der Waals surface area contributed by atoms with Crippen LogP contribution in [-0.2, 0) is 20.7 Å². The van der Waals surface area contributed by atoms with E-state index in [2.05, 4.69) is 29.6 Å². The zero-order valence-electron chi connectivity index (χ0n) is 17.3. The first-order chi connectivity index (χ1) is 14.1. The molecule has 3 rings (SSSR count). The molecule has 2 aromatic carbocycles. The second-order valence-corrected chi connectivity index (χ2v) is 7.65. The van der Waals surface area contributed by atoms with E-state index in [1.165, 1.54) is 12.7 Å². The van der Waals surface area contributed by atoms with E-state index in [0.29, 0.717) is 38.9 Å². The van der Waals surface area contributed by atoms with Crippen LogP contribution in [0.1, 0.15) is 25.3 Å². The molecule has 0 unspecified atom stereocenters. The lowest BCUT2D eigenvalue weighted by Crippen LogP contribution is -2.51. The van der Waals surface area contributed by atoms with E-state index in [4.69, 9.17) is 4.74 Å². The Hall–Kier alpha value is -2.66. The van der Waals surface area contributed by atoms with Crippen LogP contribution in [0.15, 0.2) is 54.6 Å². The van der Waals surface area contributed by atoms with Gasteiger partial charge in [0.2, 0.25) is 11.8 Å². The number of rotatable bonds is 7. The van der Waals surface area contributed by atoms with E-state index in [0.717, 1.165) is 11.1 Å². The van der Waals surface area contributed by atoms with Crippen molar-refractivity contribution in [2.45, 2.75) is 26.2 Å². The molecule has 2 aromatic rings. The molecular weight excluding hydrogens is 364 g/mol. The van der Waals surface area contributed by atoms with Crippen LogP contribution in [0.2, 0.25) is 0 Å². The van der Waals surface area contributed by atoms with E-state index >= 15 is 0 Å². The van der Waals surface area contributed by atoms with Gasteiger partial charge in [0.05, 0.1) is 5.41 Å². The minimum absolute atomic E-state index is 0.0123. The lowest BCUT2D eigenvalue weighted by Gasteiger charge is -2.41. The molecule has 2 amide bonds. The fraction of sp³-hybridized carbons (Fsp3) is 0.417. The smallest absolute Gasteiger partial charge is 0.248 e. The van der Waals surface area contributed by atoms with Crippen molar-refractivity contribution in [3.05, 3.63) is 60.2 Å². The number of likely N-dealkylation sites (tertiary alicyclic amines) is 1. The maximum Gasteiger partial charge on any atom is 0.248 e. The third-order valence-electron chi connectivity index (χ3n) is 5.79. The lowest BCUT2D eigenvalue weighted by atomic mass is 9.72. The van der Waals surface area contributed by atoms with Crippen LogP contribution in [0.25, 0.3) is 11.1 Å². The number of ether oxygens (including phenoxy) is 1. The average molecular weight is 395 g/mol. The molecule has 1 fully saturated rings. The van der Waals surface area contributed by atoms with Crippen LogP contribution < -0.4 is 5.32 Å². The van der Waals surface area contributed by atoms with Crippen molar-refractivity contribution in [1.29, 1.82) is 0 Å². The third kappa shape index (κ3) is 4.85. The van der Waals surface area contributed by atoms with E-state index in [1.54, 1.807) is 0 Å². The van der Waals surface area contributed by atoms with E-state index in [9.17, 15) is 9.59 Å². The van der Waals surface area contributed by atoms with Crippen molar-refractivity contribution in [2.24, 2.45) is 5.41 Å². The SMILES string of the molecule is CCNC(=O)C1(Cc2ccccc2-c2ccccc2)CCN(C(=O)COC)CC1. The van der Waals surface area contributed by atoms with Gasteiger partial charge in [0.15, 0.2) is 0 Å². The Bertz CT molecular complexity index is 827. The van der Waals surface area contributed by atoms with Crippen LogP contribution in [0.5, 0.6) is 0 Å². The molecule has 0 aromatic heterocycles. The maximum absolute atomic E-state index is 13.1. The van der Waals surface area contributed by atoms with Crippen LogP contribution in [-0.4, -0.2) is 50.1 Å². The van der Waals surface area contributed by atoms with E-state index in [-0.39, 0.29) is 18.4 Å². The molecule has 1 N–H and O–H groups in total. The molecule has 0 bridgehead atoms. The summed E-state index contributed by atoms with van der Waals surface area (Å²) in [4.78, 5) is 27.1. The first-order valence-corrected chi connectivity index (χ1v) is 10.3. The minimum atomic E-state index is -0.509. The first kappa shape index (κ1) is 21.1. The van der Waals surface area contributed by atoms with Gasteiger partial charge in [-0.2, -0.15) is 0 Å². The van der Waals surface area contributed by atoms with Gasteiger partial charge in [0.25, 0.3) is 0 Å². The zero-order valence-corrected chi connectivity index (χ0v) is 17.3. The van der Waals surface area contributed by atoms with Gasteiger partial charge in [0.1, 0.15) is 6.61 Å². The number of amides is 2. The number of benzene rings is 2. The predicted molar refractivity (Wildman–Crippen MR) is 114 cm³/mol. The summed E-state index contributed by atoms with van der Waals surface area (Å²) >= 11 is 0. The molecule has 0 spiro atoms. The van der Waals surface area contributed by atoms with E-state index < -0.39 is 5.41 Å². The van der Waals surface area contributed by atoms with Crippen molar-refractivity contribution in [2.75, 3.05) is 33.4 Å². The fourth-order valence-corrected chi connectivity index (χ4v) is 4.17. The highest BCUT2D eigenvalue weighted by atomic mass is 16.5. The van der Waals surface area contributed by atoms with Crippen molar-refractivity contribution in [3.63, 3.8) is 0 Å². The lowest BCUT2D eigenvalue weighted by molar-refractivity contribution is -0.142.